The second-order valence-electron chi connectivity index (χ2n) is 2.71. The van der Waals surface area contributed by atoms with Crippen LogP contribution < -0.4 is 0 Å². The number of allylic oxidation sites excluding steroid dienone is 1. The van der Waals surface area contributed by atoms with Gasteiger partial charge in [0.15, 0.2) is 0 Å². The van der Waals surface area contributed by atoms with E-state index in [9.17, 15) is 0 Å². The van der Waals surface area contributed by atoms with E-state index >= 15 is 0 Å². The predicted molar refractivity (Wildman–Crippen MR) is 38.0 cm³/mol. The van der Waals surface area contributed by atoms with Crippen molar-refractivity contribution in [3.05, 3.63) is 11.3 Å². The highest BCUT2D eigenvalue weighted by molar-refractivity contribution is 5.28. The zero-order chi connectivity index (χ0) is 7.56. The van der Waals surface area contributed by atoms with Crippen LogP contribution in [0, 0.1) is 17.2 Å². The number of nitriles is 1. The summed E-state index contributed by atoms with van der Waals surface area (Å²) in [6.45, 7) is 4.77. The Balaban J connectivity index is 2.81. The number of hydrogen-bond acceptors (Lipinski definition) is 2. The molecule has 0 bridgehead atoms. The van der Waals surface area contributed by atoms with Crippen LogP contribution in [0.2, 0.25) is 0 Å². The molecule has 0 spiro atoms. The van der Waals surface area contributed by atoms with Crippen molar-refractivity contribution in [3.8, 4) is 6.07 Å². The lowest BCUT2D eigenvalue weighted by molar-refractivity contribution is 0.216. The molecule has 1 aliphatic heterocycles. The van der Waals surface area contributed by atoms with Crippen LogP contribution in [0.1, 0.15) is 20.3 Å². The molecule has 0 unspecified atom stereocenters. The molecule has 0 N–H and O–H groups in total. The van der Waals surface area contributed by atoms with Gasteiger partial charge >= 0.3 is 0 Å². The first-order valence-corrected chi connectivity index (χ1v) is 3.51. The Morgan fingerprint density at radius 1 is 1.60 bits per heavy atom. The number of nitrogens with zero attached hydrogens (tertiary/aromatic N) is 1. The average Bonchev–Trinajstić information content (AvgIpc) is 2.33. The number of ether oxygens (including phenoxy) is 1. The maximum atomic E-state index is 8.60. The smallest absolute Gasteiger partial charge is 0.112 e. The van der Waals surface area contributed by atoms with E-state index in [1.54, 1.807) is 0 Å². The Labute approximate surface area is 61.1 Å². The summed E-state index contributed by atoms with van der Waals surface area (Å²) in [6, 6.07) is 2.15. The van der Waals surface area contributed by atoms with Crippen LogP contribution in [-0.2, 0) is 4.74 Å². The van der Waals surface area contributed by atoms with Crippen molar-refractivity contribution in [3.63, 3.8) is 0 Å². The van der Waals surface area contributed by atoms with Crippen LogP contribution in [0.5, 0.6) is 0 Å². The topological polar surface area (TPSA) is 33.0 Å². The van der Waals surface area contributed by atoms with Crippen molar-refractivity contribution in [2.24, 2.45) is 5.92 Å². The van der Waals surface area contributed by atoms with Gasteiger partial charge in [-0.05, 0) is 0 Å². The van der Waals surface area contributed by atoms with E-state index in [2.05, 4.69) is 6.07 Å². The average molecular weight is 137 g/mol. The third kappa shape index (κ3) is 1.13. The number of rotatable bonds is 1. The summed E-state index contributed by atoms with van der Waals surface area (Å²) in [5, 5.41) is 8.60. The minimum atomic E-state index is 0.358. The highest BCUT2D eigenvalue weighted by Crippen LogP contribution is 2.24. The van der Waals surface area contributed by atoms with E-state index in [-0.39, 0.29) is 0 Å². The molecule has 0 aliphatic carbocycles. The molecule has 0 saturated carbocycles. The second kappa shape index (κ2) is 2.74. The van der Waals surface area contributed by atoms with Gasteiger partial charge in [0.25, 0.3) is 0 Å². The molecule has 0 saturated heterocycles. The largest absolute Gasteiger partial charge is 0.496 e. The van der Waals surface area contributed by atoms with Gasteiger partial charge in [-0.15, -0.1) is 0 Å². The quantitative estimate of drug-likeness (QED) is 0.552. The van der Waals surface area contributed by atoms with E-state index in [0.29, 0.717) is 12.5 Å². The lowest BCUT2D eigenvalue weighted by Crippen LogP contribution is -1.95. The van der Waals surface area contributed by atoms with E-state index in [0.717, 1.165) is 17.8 Å². The zero-order valence-electron chi connectivity index (χ0n) is 6.35. The Kier molecular flexibility index (Phi) is 1.96. The standard InChI is InChI=1S/C8H11NO/c1-6(2)8-7(5-9)3-4-10-8/h6H,3-4H2,1-2H3. The molecule has 0 aromatic rings. The second-order valence-corrected chi connectivity index (χ2v) is 2.71. The van der Waals surface area contributed by atoms with Crippen molar-refractivity contribution in [2.45, 2.75) is 20.3 Å². The summed E-state index contributed by atoms with van der Waals surface area (Å²) in [6.07, 6.45) is 0.796. The van der Waals surface area contributed by atoms with Crippen LogP contribution in [0.3, 0.4) is 0 Å². The summed E-state index contributed by atoms with van der Waals surface area (Å²) in [5.41, 5.74) is 0.829. The SMILES string of the molecule is CC(C)C1=C(C#N)CCO1. The Bertz CT molecular complexity index is 198. The molecule has 0 fully saturated rings. The van der Waals surface area contributed by atoms with E-state index in [1.165, 1.54) is 0 Å². The fourth-order valence-electron chi connectivity index (χ4n) is 1.10. The molecule has 2 heteroatoms. The predicted octanol–water partition coefficient (Wildman–Crippen LogP) is 1.84. The minimum Gasteiger partial charge on any atom is -0.496 e. The summed E-state index contributed by atoms with van der Waals surface area (Å²) < 4.78 is 5.28. The van der Waals surface area contributed by atoms with Crippen molar-refractivity contribution in [1.82, 2.24) is 0 Å². The van der Waals surface area contributed by atoms with Gasteiger partial charge in [-0.1, -0.05) is 13.8 Å². The van der Waals surface area contributed by atoms with E-state index in [1.807, 2.05) is 13.8 Å². The van der Waals surface area contributed by atoms with Gasteiger partial charge in [-0.2, -0.15) is 5.26 Å². The van der Waals surface area contributed by atoms with Gasteiger partial charge in [0.2, 0.25) is 0 Å². The molecule has 2 nitrogen and oxygen atoms in total. The van der Waals surface area contributed by atoms with Crippen LogP contribution in [0.15, 0.2) is 11.3 Å². The normalized spacial score (nSPS) is 17.4. The lowest BCUT2D eigenvalue weighted by Gasteiger charge is -2.05. The van der Waals surface area contributed by atoms with Crippen LogP contribution in [0.4, 0.5) is 0 Å². The molecule has 0 aromatic heterocycles. The monoisotopic (exact) mass is 137 g/mol. The molecule has 10 heavy (non-hydrogen) atoms. The fourth-order valence-corrected chi connectivity index (χ4v) is 1.10. The molecule has 1 heterocycles. The molecular formula is C8H11NO. The number of hydrogen-bond donors (Lipinski definition) is 0. The zero-order valence-corrected chi connectivity index (χ0v) is 6.35. The van der Waals surface area contributed by atoms with Crippen molar-refractivity contribution >= 4 is 0 Å². The Morgan fingerprint density at radius 2 is 2.30 bits per heavy atom. The van der Waals surface area contributed by atoms with Gasteiger partial charge in [0.05, 0.1) is 18.2 Å². The van der Waals surface area contributed by atoms with Gasteiger partial charge in [0.1, 0.15) is 5.76 Å². The third-order valence-corrected chi connectivity index (χ3v) is 1.57. The Morgan fingerprint density at radius 3 is 2.70 bits per heavy atom. The molecule has 1 rings (SSSR count). The summed E-state index contributed by atoms with van der Waals surface area (Å²) in [7, 11) is 0. The molecule has 0 amide bonds. The first-order chi connectivity index (χ1) is 4.75. The third-order valence-electron chi connectivity index (χ3n) is 1.57. The highest BCUT2D eigenvalue weighted by Gasteiger charge is 2.17. The maximum Gasteiger partial charge on any atom is 0.112 e. The van der Waals surface area contributed by atoms with Crippen molar-refractivity contribution in [2.75, 3.05) is 6.61 Å². The van der Waals surface area contributed by atoms with E-state index < -0.39 is 0 Å². The molecule has 0 atom stereocenters. The summed E-state index contributed by atoms with van der Waals surface area (Å²) in [5.74, 6) is 1.25. The van der Waals surface area contributed by atoms with Crippen molar-refractivity contribution in [1.29, 1.82) is 5.26 Å². The molecule has 54 valence electrons. The summed E-state index contributed by atoms with van der Waals surface area (Å²) in [4.78, 5) is 0. The first kappa shape index (κ1) is 7.14. The molecule has 1 aliphatic rings. The summed E-state index contributed by atoms with van der Waals surface area (Å²) >= 11 is 0. The van der Waals surface area contributed by atoms with Gasteiger partial charge in [-0.3, -0.25) is 0 Å². The lowest BCUT2D eigenvalue weighted by atomic mass is 10.1. The first-order valence-electron chi connectivity index (χ1n) is 3.51. The van der Waals surface area contributed by atoms with Crippen LogP contribution in [0.25, 0.3) is 0 Å². The van der Waals surface area contributed by atoms with Gasteiger partial charge < -0.3 is 4.74 Å². The highest BCUT2D eigenvalue weighted by atomic mass is 16.5. The van der Waals surface area contributed by atoms with Gasteiger partial charge in [0, 0.05) is 12.3 Å². The van der Waals surface area contributed by atoms with Gasteiger partial charge in [-0.25, -0.2) is 0 Å². The van der Waals surface area contributed by atoms with Crippen LogP contribution in [-0.4, -0.2) is 6.61 Å². The molecule has 0 radical (unpaired) electrons. The van der Waals surface area contributed by atoms with E-state index in [4.69, 9.17) is 10.00 Å². The Hall–Kier alpha value is -0.970. The molecular weight excluding hydrogens is 126 g/mol. The molecule has 0 aromatic carbocycles. The fraction of sp³-hybridized carbons (Fsp3) is 0.625. The maximum absolute atomic E-state index is 8.60. The van der Waals surface area contributed by atoms with Crippen LogP contribution >= 0.6 is 0 Å². The van der Waals surface area contributed by atoms with Crippen molar-refractivity contribution < 1.29 is 4.74 Å². The minimum absolute atomic E-state index is 0.358.